The molecule has 0 aliphatic rings. The van der Waals surface area contributed by atoms with E-state index in [1.165, 1.54) is 15.3 Å². The van der Waals surface area contributed by atoms with Crippen molar-refractivity contribution in [1.29, 1.82) is 0 Å². The molecule has 0 saturated carbocycles. The number of benzene rings is 1. The van der Waals surface area contributed by atoms with Gasteiger partial charge in [0.2, 0.25) is 0 Å². The van der Waals surface area contributed by atoms with Crippen LogP contribution in [0.2, 0.25) is 10.0 Å². The van der Waals surface area contributed by atoms with Crippen LogP contribution < -0.4 is 11.0 Å². The number of nitrogens with one attached hydrogen (secondary N) is 1. The second kappa shape index (κ2) is 8.45. The van der Waals surface area contributed by atoms with Gasteiger partial charge in [-0.2, -0.15) is 0 Å². The Kier molecular flexibility index (Phi) is 6.03. The smallest absolute Gasteiger partial charge is 0.411 e. The first-order valence-electron chi connectivity index (χ1n) is 8.45. The van der Waals surface area contributed by atoms with Gasteiger partial charge in [0.15, 0.2) is 5.65 Å². The number of amides is 1. The van der Waals surface area contributed by atoms with Crippen LogP contribution in [0.15, 0.2) is 41.3 Å². The molecule has 3 rings (SSSR count). The van der Waals surface area contributed by atoms with Gasteiger partial charge in [-0.1, -0.05) is 42.6 Å². The summed E-state index contributed by atoms with van der Waals surface area (Å²) in [5.41, 5.74) is 1.37. The molecule has 27 heavy (non-hydrogen) atoms. The van der Waals surface area contributed by atoms with Crippen molar-refractivity contribution in [2.45, 2.75) is 26.3 Å². The standard InChI is InChI=1S/C18H18Cl2N4O3/c1-2-3-8-27-17(25)21-13-5-7-16-22-24(18(26)23(16)11-13)10-12-4-6-14(19)15(20)9-12/h4-7,9,11H,2-3,8,10H2,1H3,(H,21,25). The first-order chi connectivity index (χ1) is 13.0. The SMILES string of the molecule is CCCCOC(=O)Nc1ccc2nn(Cc3ccc(Cl)c(Cl)c3)c(=O)n2c1. The van der Waals surface area contributed by atoms with Gasteiger partial charge in [-0.25, -0.2) is 18.7 Å². The topological polar surface area (TPSA) is 77.6 Å². The van der Waals surface area contributed by atoms with Crippen molar-refractivity contribution >= 4 is 40.6 Å². The molecule has 2 heterocycles. The highest BCUT2D eigenvalue weighted by atomic mass is 35.5. The van der Waals surface area contributed by atoms with Crippen LogP contribution in [0.1, 0.15) is 25.3 Å². The Bertz CT molecular complexity index is 1030. The summed E-state index contributed by atoms with van der Waals surface area (Å²) in [5, 5.41) is 7.75. The number of unbranched alkanes of at least 4 members (excludes halogenated alkanes) is 1. The number of hydrogen-bond donors (Lipinski definition) is 1. The number of rotatable bonds is 6. The van der Waals surface area contributed by atoms with E-state index < -0.39 is 6.09 Å². The Labute approximate surface area is 165 Å². The van der Waals surface area contributed by atoms with Gasteiger partial charge in [0.05, 0.1) is 28.9 Å². The van der Waals surface area contributed by atoms with E-state index in [-0.39, 0.29) is 12.2 Å². The van der Waals surface area contributed by atoms with E-state index in [9.17, 15) is 9.59 Å². The molecular formula is C18H18Cl2N4O3. The second-order valence-corrected chi connectivity index (χ2v) is 6.76. The second-order valence-electron chi connectivity index (χ2n) is 5.95. The van der Waals surface area contributed by atoms with Crippen molar-refractivity contribution in [2.24, 2.45) is 0 Å². The molecule has 0 spiro atoms. The van der Waals surface area contributed by atoms with Crippen molar-refractivity contribution in [3.05, 3.63) is 62.6 Å². The molecule has 0 unspecified atom stereocenters. The maximum absolute atomic E-state index is 12.6. The maximum Gasteiger partial charge on any atom is 0.411 e. The van der Waals surface area contributed by atoms with E-state index >= 15 is 0 Å². The lowest BCUT2D eigenvalue weighted by atomic mass is 10.2. The first kappa shape index (κ1) is 19.3. The molecule has 0 aliphatic heterocycles. The fraction of sp³-hybridized carbons (Fsp3) is 0.278. The minimum absolute atomic E-state index is 0.249. The van der Waals surface area contributed by atoms with E-state index in [0.717, 1.165) is 18.4 Å². The number of ether oxygens (including phenoxy) is 1. The van der Waals surface area contributed by atoms with Crippen LogP contribution in [0.5, 0.6) is 0 Å². The van der Waals surface area contributed by atoms with Gasteiger partial charge in [-0.05, 0) is 36.2 Å². The summed E-state index contributed by atoms with van der Waals surface area (Å²) >= 11 is 11.9. The Hall–Kier alpha value is -2.51. The minimum atomic E-state index is -0.556. The fourth-order valence-electron chi connectivity index (χ4n) is 2.47. The largest absolute Gasteiger partial charge is 0.449 e. The van der Waals surface area contributed by atoms with Gasteiger partial charge in [0, 0.05) is 6.20 Å². The Morgan fingerprint density at radius 1 is 1.22 bits per heavy atom. The van der Waals surface area contributed by atoms with E-state index in [1.54, 1.807) is 30.3 Å². The summed E-state index contributed by atoms with van der Waals surface area (Å²) in [6, 6.07) is 8.45. The Morgan fingerprint density at radius 2 is 2.04 bits per heavy atom. The molecule has 3 aromatic rings. The van der Waals surface area contributed by atoms with Gasteiger partial charge in [-0.15, -0.1) is 5.10 Å². The molecular weight excluding hydrogens is 391 g/mol. The highest BCUT2D eigenvalue weighted by Gasteiger charge is 2.10. The monoisotopic (exact) mass is 408 g/mol. The quantitative estimate of drug-likeness (QED) is 0.619. The van der Waals surface area contributed by atoms with Gasteiger partial charge in [0.25, 0.3) is 0 Å². The van der Waals surface area contributed by atoms with Crippen molar-refractivity contribution < 1.29 is 9.53 Å². The molecule has 0 atom stereocenters. The third kappa shape index (κ3) is 4.61. The highest BCUT2D eigenvalue weighted by molar-refractivity contribution is 6.42. The Balaban J connectivity index is 1.79. The molecule has 0 aliphatic carbocycles. The van der Waals surface area contributed by atoms with Gasteiger partial charge >= 0.3 is 11.8 Å². The normalized spacial score (nSPS) is 10.9. The summed E-state index contributed by atoms with van der Waals surface area (Å²) < 4.78 is 7.73. The average molecular weight is 409 g/mol. The van der Waals surface area contributed by atoms with E-state index in [4.69, 9.17) is 27.9 Å². The molecule has 1 amide bonds. The van der Waals surface area contributed by atoms with Crippen molar-refractivity contribution in [1.82, 2.24) is 14.2 Å². The van der Waals surface area contributed by atoms with E-state index in [1.807, 2.05) is 6.92 Å². The number of pyridine rings is 1. The van der Waals surface area contributed by atoms with Crippen LogP contribution in [-0.4, -0.2) is 26.9 Å². The van der Waals surface area contributed by atoms with Crippen molar-refractivity contribution in [2.75, 3.05) is 11.9 Å². The minimum Gasteiger partial charge on any atom is -0.449 e. The molecule has 1 aromatic carbocycles. The van der Waals surface area contributed by atoms with Crippen molar-refractivity contribution in [3.63, 3.8) is 0 Å². The predicted molar refractivity (Wildman–Crippen MR) is 105 cm³/mol. The summed E-state index contributed by atoms with van der Waals surface area (Å²) in [6.07, 6.45) is 2.69. The third-order valence-electron chi connectivity index (χ3n) is 3.87. The van der Waals surface area contributed by atoms with E-state index in [0.29, 0.717) is 28.0 Å². The van der Waals surface area contributed by atoms with Crippen molar-refractivity contribution in [3.8, 4) is 0 Å². The Morgan fingerprint density at radius 3 is 2.78 bits per heavy atom. The number of fused-ring (bicyclic) bond motifs is 1. The first-order valence-corrected chi connectivity index (χ1v) is 9.20. The number of anilines is 1. The molecule has 7 nitrogen and oxygen atoms in total. The molecule has 0 bridgehead atoms. The van der Waals surface area contributed by atoms with Crippen LogP contribution >= 0.6 is 23.2 Å². The summed E-state index contributed by atoms with van der Waals surface area (Å²) in [7, 11) is 0. The summed E-state index contributed by atoms with van der Waals surface area (Å²) in [4.78, 5) is 24.3. The van der Waals surface area contributed by atoms with Crippen LogP contribution in [0.3, 0.4) is 0 Å². The number of carbonyl (C=O) groups excluding carboxylic acids is 1. The highest BCUT2D eigenvalue weighted by Crippen LogP contribution is 2.22. The zero-order valence-corrected chi connectivity index (χ0v) is 16.1. The lowest BCUT2D eigenvalue weighted by Crippen LogP contribution is -2.22. The third-order valence-corrected chi connectivity index (χ3v) is 4.61. The lowest BCUT2D eigenvalue weighted by Gasteiger charge is -2.06. The molecule has 0 saturated heterocycles. The lowest BCUT2D eigenvalue weighted by molar-refractivity contribution is 0.160. The van der Waals surface area contributed by atoms with Crippen LogP contribution in [-0.2, 0) is 11.3 Å². The molecule has 2 aromatic heterocycles. The van der Waals surface area contributed by atoms with Gasteiger partial charge in [0.1, 0.15) is 0 Å². The van der Waals surface area contributed by atoms with Crippen LogP contribution in [0.25, 0.3) is 5.65 Å². The maximum atomic E-state index is 12.6. The summed E-state index contributed by atoms with van der Waals surface area (Å²) in [5.74, 6) is 0. The molecule has 1 N–H and O–H groups in total. The average Bonchev–Trinajstić information content (AvgIpc) is 2.94. The molecule has 0 fully saturated rings. The van der Waals surface area contributed by atoms with Crippen LogP contribution in [0.4, 0.5) is 10.5 Å². The van der Waals surface area contributed by atoms with Gasteiger partial charge < -0.3 is 4.74 Å². The number of hydrogen-bond acceptors (Lipinski definition) is 4. The molecule has 142 valence electrons. The zero-order valence-electron chi connectivity index (χ0n) is 14.6. The van der Waals surface area contributed by atoms with Crippen LogP contribution in [0, 0.1) is 0 Å². The van der Waals surface area contributed by atoms with Gasteiger partial charge in [-0.3, -0.25) is 5.32 Å². The molecule has 0 radical (unpaired) electrons. The number of halogens is 2. The zero-order chi connectivity index (χ0) is 19.4. The summed E-state index contributed by atoms with van der Waals surface area (Å²) in [6.45, 7) is 2.61. The number of nitrogens with zero attached hydrogens (tertiary/aromatic N) is 3. The number of carbonyl (C=O) groups is 1. The number of aromatic nitrogens is 3. The fourth-order valence-corrected chi connectivity index (χ4v) is 2.79. The van der Waals surface area contributed by atoms with E-state index in [2.05, 4.69) is 10.4 Å². The molecule has 9 heteroatoms. The predicted octanol–water partition coefficient (Wildman–Crippen LogP) is 4.20.